The Morgan fingerprint density at radius 2 is 2.17 bits per heavy atom. The number of hydrogen-bond donors (Lipinski definition) is 2. The van der Waals surface area contributed by atoms with Crippen molar-refractivity contribution in [1.82, 2.24) is 15.5 Å². The first-order valence-corrected chi connectivity index (χ1v) is 8.57. The van der Waals surface area contributed by atoms with Gasteiger partial charge in [0.25, 0.3) is 10.0 Å². The summed E-state index contributed by atoms with van der Waals surface area (Å²) in [6, 6.07) is 6.79. The van der Waals surface area contributed by atoms with Crippen molar-refractivity contribution in [1.29, 1.82) is 0 Å². The van der Waals surface area contributed by atoms with Crippen molar-refractivity contribution in [3.63, 3.8) is 0 Å². The molecular weight excluding hydrogens is 340 g/mol. The molecule has 3 rings (SSSR count). The van der Waals surface area contributed by atoms with E-state index < -0.39 is 10.0 Å². The molecule has 0 bridgehead atoms. The van der Waals surface area contributed by atoms with Gasteiger partial charge in [-0.1, -0.05) is 12.1 Å². The van der Waals surface area contributed by atoms with Gasteiger partial charge >= 0.3 is 0 Å². The second-order valence-electron chi connectivity index (χ2n) is 5.50. The maximum atomic E-state index is 12.1. The second-order valence-corrected chi connectivity index (χ2v) is 7.07. The van der Waals surface area contributed by atoms with Crippen molar-refractivity contribution < 1.29 is 13.2 Å². The van der Waals surface area contributed by atoms with Crippen LogP contribution in [0.1, 0.15) is 12.0 Å². The van der Waals surface area contributed by atoms with Crippen LogP contribution in [0, 0.1) is 0 Å². The van der Waals surface area contributed by atoms with Crippen LogP contribution in [0.15, 0.2) is 33.6 Å². The van der Waals surface area contributed by atoms with Crippen LogP contribution in [0.25, 0.3) is 0 Å². The Morgan fingerprint density at radius 3 is 2.87 bits per heavy atom. The summed E-state index contributed by atoms with van der Waals surface area (Å²) >= 11 is 0. The van der Waals surface area contributed by atoms with Gasteiger partial charge in [0.1, 0.15) is 4.90 Å². The molecule has 9 heteroatoms. The van der Waals surface area contributed by atoms with E-state index in [0.29, 0.717) is 11.4 Å². The summed E-state index contributed by atoms with van der Waals surface area (Å²) in [4.78, 5) is 13.8. The normalized spacial score (nSPS) is 21.1. The van der Waals surface area contributed by atoms with Crippen LogP contribution < -0.4 is 10.6 Å². The molecule has 2 N–H and O–H groups in total. The standard InChI is InChI=1S/C14H18N4O3S.ClH/c1-18(9-13(19)16-10-6-7-15-8-10)14-11-4-2-3-5-12(11)22(20,21)17-14;/h2-5,10,15H,6-9H2,1H3,(H,16,19);1H. The molecule has 2 heterocycles. The fraction of sp³-hybridized carbons (Fsp3) is 0.429. The number of sulfonamides is 1. The highest BCUT2D eigenvalue weighted by atomic mass is 35.5. The van der Waals surface area contributed by atoms with E-state index >= 15 is 0 Å². The zero-order valence-electron chi connectivity index (χ0n) is 12.7. The van der Waals surface area contributed by atoms with Crippen LogP contribution in [0.5, 0.6) is 0 Å². The zero-order chi connectivity index (χ0) is 15.7. The van der Waals surface area contributed by atoms with E-state index in [-0.39, 0.29) is 35.8 Å². The molecule has 126 valence electrons. The lowest BCUT2D eigenvalue weighted by Crippen LogP contribution is -2.43. The molecule has 1 atom stereocenters. The Kier molecular flexibility index (Phi) is 5.28. The van der Waals surface area contributed by atoms with Crippen LogP contribution in [-0.4, -0.2) is 57.8 Å². The molecule has 2 aliphatic rings. The average Bonchev–Trinajstić information content (AvgIpc) is 3.06. The molecule has 7 nitrogen and oxygen atoms in total. The number of likely N-dealkylation sites (N-methyl/N-ethyl adjacent to an activating group) is 1. The number of nitrogens with zero attached hydrogens (tertiary/aromatic N) is 2. The second kappa shape index (κ2) is 6.86. The molecule has 1 saturated heterocycles. The number of amidine groups is 1. The summed E-state index contributed by atoms with van der Waals surface area (Å²) in [5.74, 6) is 0.177. The fourth-order valence-electron chi connectivity index (χ4n) is 2.71. The summed E-state index contributed by atoms with van der Waals surface area (Å²) in [5.41, 5.74) is 0.542. The minimum atomic E-state index is -3.65. The van der Waals surface area contributed by atoms with Crippen LogP contribution >= 0.6 is 12.4 Å². The number of rotatable bonds is 3. The quantitative estimate of drug-likeness (QED) is 0.791. The number of hydrogen-bond acceptors (Lipinski definition) is 5. The minimum absolute atomic E-state index is 0. The summed E-state index contributed by atoms with van der Waals surface area (Å²) < 4.78 is 27.8. The van der Waals surface area contributed by atoms with Crippen molar-refractivity contribution in [2.75, 3.05) is 26.7 Å². The number of halogens is 1. The lowest BCUT2D eigenvalue weighted by Gasteiger charge is -2.20. The summed E-state index contributed by atoms with van der Waals surface area (Å²) in [6.07, 6.45) is 0.910. The van der Waals surface area contributed by atoms with Crippen molar-refractivity contribution in [2.24, 2.45) is 4.40 Å². The number of carbonyl (C=O) groups excluding carboxylic acids is 1. The number of nitrogens with one attached hydrogen (secondary N) is 2. The molecule has 0 saturated carbocycles. The largest absolute Gasteiger partial charge is 0.351 e. The number of fused-ring (bicyclic) bond motifs is 1. The third kappa shape index (κ3) is 3.65. The van der Waals surface area contributed by atoms with Crippen LogP contribution in [0.2, 0.25) is 0 Å². The van der Waals surface area contributed by atoms with E-state index in [1.165, 1.54) is 6.07 Å². The van der Waals surface area contributed by atoms with Crippen LogP contribution in [0.4, 0.5) is 0 Å². The van der Waals surface area contributed by atoms with E-state index in [2.05, 4.69) is 15.0 Å². The minimum Gasteiger partial charge on any atom is -0.351 e. The third-order valence-corrected chi connectivity index (χ3v) is 5.11. The first-order valence-electron chi connectivity index (χ1n) is 7.13. The summed E-state index contributed by atoms with van der Waals surface area (Å²) in [5, 5.41) is 6.11. The van der Waals surface area contributed by atoms with Crippen LogP contribution in [-0.2, 0) is 14.8 Å². The van der Waals surface area contributed by atoms with Gasteiger partial charge in [0, 0.05) is 25.2 Å². The third-order valence-electron chi connectivity index (χ3n) is 3.78. The Bertz CT molecular complexity index is 729. The topological polar surface area (TPSA) is 90.9 Å². The first-order chi connectivity index (χ1) is 10.5. The maximum absolute atomic E-state index is 12.1. The van der Waals surface area contributed by atoms with E-state index in [1.54, 1.807) is 30.1 Å². The molecule has 0 radical (unpaired) electrons. The van der Waals surface area contributed by atoms with E-state index in [1.807, 2.05) is 0 Å². The highest BCUT2D eigenvalue weighted by molar-refractivity contribution is 7.90. The van der Waals surface area contributed by atoms with Gasteiger partial charge in [-0.25, -0.2) is 0 Å². The molecule has 1 unspecified atom stereocenters. The Morgan fingerprint density at radius 1 is 1.43 bits per heavy atom. The molecule has 23 heavy (non-hydrogen) atoms. The maximum Gasteiger partial charge on any atom is 0.285 e. The highest BCUT2D eigenvalue weighted by Crippen LogP contribution is 2.26. The van der Waals surface area contributed by atoms with E-state index in [9.17, 15) is 13.2 Å². The van der Waals surface area contributed by atoms with Crippen molar-refractivity contribution in [3.8, 4) is 0 Å². The zero-order valence-corrected chi connectivity index (χ0v) is 14.3. The smallest absolute Gasteiger partial charge is 0.285 e. The Labute approximate surface area is 141 Å². The summed E-state index contributed by atoms with van der Waals surface area (Å²) in [6.45, 7) is 1.74. The number of carbonyl (C=O) groups is 1. The van der Waals surface area contributed by atoms with Gasteiger partial charge in [-0.05, 0) is 25.1 Å². The van der Waals surface area contributed by atoms with E-state index in [0.717, 1.165) is 19.5 Å². The molecule has 2 aliphatic heterocycles. The molecule has 1 amide bonds. The lowest BCUT2D eigenvalue weighted by molar-refractivity contribution is -0.121. The highest BCUT2D eigenvalue weighted by Gasteiger charge is 2.31. The van der Waals surface area contributed by atoms with Gasteiger partial charge in [0.15, 0.2) is 5.84 Å². The van der Waals surface area contributed by atoms with Gasteiger partial charge in [-0.2, -0.15) is 8.42 Å². The van der Waals surface area contributed by atoms with Gasteiger partial charge in [0.05, 0.1) is 6.54 Å². The Hall–Kier alpha value is -1.64. The van der Waals surface area contributed by atoms with Crippen molar-refractivity contribution in [3.05, 3.63) is 29.8 Å². The lowest BCUT2D eigenvalue weighted by atomic mass is 10.2. The van der Waals surface area contributed by atoms with Crippen molar-refractivity contribution >= 4 is 34.2 Å². The SMILES string of the molecule is CN(CC(=O)NC1CCNC1)C1=NS(=O)(=O)c2ccccc21.Cl. The van der Waals surface area contributed by atoms with E-state index in [4.69, 9.17) is 0 Å². The molecule has 0 spiro atoms. The molecule has 0 aromatic heterocycles. The van der Waals surface area contributed by atoms with Crippen LogP contribution in [0.3, 0.4) is 0 Å². The molecular formula is C14H19ClN4O3S. The monoisotopic (exact) mass is 358 g/mol. The predicted octanol–water partition coefficient (Wildman–Crippen LogP) is -0.0328. The summed E-state index contributed by atoms with van der Waals surface area (Å²) in [7, 11) is -1.98. The molecule has 0 aliphatic carbocycles. The molecule has 1 aromatic rings. The molecule has 1 fully saturated rings. The van der Waals surface area contributed by atoms with Gasteiger partial charge < -0.3 is 15.5 Å². The van der Waals surface area contributed by atoms with Gasteiger partial charge in [0.2, 0.25) is 5.91 Å². The molecule has 1 aromatic carbocycles. The van der Waals surface area contributed by atoms with Gasteiger partial charge in [-0.15, -0.1) is 16.8 Å². The first kappa shape index (κ1) is 17.7. The van der Waals surface area contributed by atoms with Crippen molar-refractivity contribution in [2.45, 2.75) is 17.4 Å². The Balaban J connectivity index is 0.00000192. The predicted molar refractivity (Wildman–Crippen MR) is 89.5 cm³/mol. The number of amides is 1. The fourth-order valence-corrected chi connectivity index (χ4v) is 3.96. The van der Waals surface area contributed by atoms with Gasteiger partial charge in [-0.3, -0.25) is 4.79 Å². The number of benzene rings is 1. The average molecular weight is 359 g/mol.